The first-order valence-electron chi connectivity index (χ1n) is 8.61. The van der Waals surface area contributed by atoms with E-state index >= 15 is 0 Å². The number of amides is 1. The highest BCUT2D eigenvalue weighted by molar-refractivity contribution is 5.74. The molecule has 3 rings (SSSR count). The van der Waals surface area contributed by atoms with Gasteiger partial charge in [0.1, 0.15) is 0 Å². The molecule has 0 saturated heterocycles. The summed E-state index contributed by atoms with van der Waals surface area (Å²) in [6.07, 6.45) is 5.87. The van der Waals surface area contributed by atoms with Crippen molar-refractivity contribution in [2.45, 2.75) is 51.1 Å². The van der Waals surface area contributed by atoms with Gasteiger partial charge < -0.3 is 20.5 Å². The van der Waals surface area contributed by atoms with Crippen molar-refractivity contribution in [1.82, 2.24) is 5.32 Å². The van der Waals surface area contributed by atoms with Crippen LogP contribution in [0.4, 0.5) is 0 Å². The number of carbonyl (C=O) groups is 1. The molecule has 1 amide bonds. The topological polar surface area (TPSA) is 73.6 Å². The highest BCUT2D eigenvalue weighted by Crippen LogP contribution is 2.33. The van der Waals surface area contributed by atoms with Crippen LogP contribution in [0.25, 0.3) is 0 Å². The lowest BCUT2D eigenvalue weighted by Crippen LogP contribution is -2.35. The van der Waals surface area contributed by atoms with Crippen molar-refractivity contribution in [3.8, 4) is 11.5 Å². The fourth-order valence-corrected chi connectivity index (χ4v) is 3.59. The predicted octanol–water partition coefficient (Wildman–Crippen LogP) is 2.37. The lowest BCUT2D eigenvalue weighted by atomic mass is 9.83. The minimum atomic E-state index is -0.186. The van der Waals surface area contributed by atoms with Crippen LogP contribution >= 0.6 is 0 Å². The Bertz CT molecular complexity index is 547. The first kappa shape index (κ1) is 16.1. The van der Waals surface area contributed by atoms with Crippen molar-refractivity contribution in [3.63, 3.8) is 0 Å². The van der Waals surface area contributed by atoms with Gasteiger partial charge in [0.15, 0.2) is 11.5 Å². The lowest BCUT2D eigenvalue weighted by molar-refractivity contribution is -0.119. The summed E-state index contributed by atoms with van der Waals surface area (Å²) in [6.45, 7) is 2.18. The van der Waals surface area contributed by atoms with Crippen LogP contribution in [0.15, 0.2) is 18.2 Å². The molecular formula is C18H26N2O3. The third-order valence-electron chi connectivity index (χ3n) is 4.71. The van der Waals surface area contributed by atoms with Gasteiger partial charge in [-0.3, -0.25) is 4.79 Å². The molecule has 23 heavy (non-hydrogen) atoms. The summed E-state index contributed by atoms with van der Waals surface area (Å²) in [5.41, 5.74) is 6.48. The quantitative estimate of drug-likeness (QED) is 0.874. The molecule has 1 aromatic carbocycles. The number of hydrogen-bond donors (Lipinski definition) is 2. The largest absolute Gasteiger partial charge is 0.490 e. The number of benzene rings is 1. The van der Waals surface area contributed by atoms with Crippen LogP contribution in [-0.4, -0.2) is 25.2 Å². The minimum Gasteiger partial charge on any atom is -0.490 e. The van der Waals surface area contributed by atoms with E-state index in [9.17, 15) is 4.79 Å². The highest BCUT2D eigenvalue weighted by Gasteiger charge is 2.23. The number of rotatable bonds is 5. The molecule has 2 unspecified atom stereocenters. The summed E-state index contributed by atoms with van der Waals surface area (Å²) >= 11 is 0. The number of nitrogens with two attached hydrogens (primary N) is 1. The van der Waals surface area contributed by atoms with Gasteiger partial charge >= 0.3 is 0 Å². The fourth-order valence-electron chi connectivity index (χ4n) is 3.59. The van der Waals surface area contributed by atoms with Gasteiger partial charge in [-0.2, -0.15) is 0 Å². The second-order valence-electron chi connectivity index (χ2n) is 6.58. The molecule has 5 heteroatoms. The number of fused-ring (bicyclic) bond motifs is 1. The van der Waals surface area contributed by atoms with E-state index in [4.69, 9.17) is 15.2 Å². The molecule has 1 fully saturated rings. The van der Waals surface area contributed by atoms with E-state index in [0.29, 0.717) is 31.6 Å². The molecule has 126 valence electrons. The standard InChI is InChI=1S/C18H26N2O3/c19-17(21)11-13-4-1-6-15(10-13)20-12-14-5-2-7-16-18(14)23-9-3-8-22-16/h2,5,7,13,15,20H,1,3-4,6,8-12H2,(H2,19,21). The fraction of sp³-hybridized carbons (Fsp3) is 0.611. The molecule has 1 aliphatic carbocycles. The molecule has 2 aliphatic rings. The zero-order valence-electron chi connectivity index (χ0n) is 13.6. The van der Waals surface area contributed by atoms with Crippen LogP contribution < -0.4 is 20.5 Å². The van der Waals surface area contributed by atoms with E-state index in [-0.39, 0.29) is 5.91 Å². The Balaban J connectivity index is 1.59. The molecule has 0 bridgehead atoms. The Hall–Kier alpha value is -1.75. The van der Waals surface area contributed by atoms with Crippen LogP contribution in [-0.2, 0) is 11.3 Å². The van der Waals surface area contributed by atoms with Gasteiger partial charge in [-0.05, 0) is 31.2 Å². The van der Waals surface area contributed by atoms with E-state index in [1.165, 1.54) is 0 Å². The van der Waals surface area contributed by atoms with E-state index in [1.807, 2.05) is 12.1 Å². The van der Waals surface area contributed by atoms with Crippen LogP contribution in [0.5, 0.6) is 11.5 Å². The molecule has 1 saturated carbocycles. The predicted molar refractivity (Wildman–Crippen MR) is 88.4 cm³/mol. The van der Waals surface area contributed by atoms with E-state index in [0.717, 1.165) is 55.7 Å². The molecule has 1 aromatic rings. The molecule has 3 N–H and O–H groups in total. The number of primary amides is 1. The molecule has 0 aromatic heterocycles. The first-order valence-corrected chi connectivity index (χ1v) is 8.61. The summed E-state index contributed by atoms with van der Waals surface area (Å²) < 4.78 is 11.6. The second-order valence-corrected chi connectivity index (χ2v) is 6.58. The van der Waals surface area contributed by atoms with Gasteiger partial charge in [0, 0.05) is 31.0 Å². The molecule has 1 aliphatic heterocycles. The number of para-hydroxylation sites is 1. The zero-order valence-corrected chi connectivity index (χ0v) is 13.6. The third-order valence-corrected chi connectivity index (χ3v) is 4.71. The van der Waals surface area contributed by atoms with Crippen molar-refractivity contribution < 1.29 is 14.3 Å². The highest BCUT2D eigenvalue weighted by atomic mass is 16.5. The van der Waals surface area contributed by atoms with Gasteiger partial charge in [-0.15, -0.1) is 0 Å². The van der Waals surface area contributed by atoms with Crippen LogP contribution in [0, 0.1) is 5.92 Å². The molecule has 2 atom stereocenters. The van der Waals surface area contributed by atoms with E-state index < -0.39 is 0 Å². The normalized spacial score (nSPS) is 24.0. The van der Waals surface area contributed by atoms with Gasteiger partial charge in [-0.1, -0.05) is 18.6 Å². The van der Waals surface area contributed by atoms with Crippen LogP contribution in [0.2, 0.25) is 0 Å². The molecule has 5 nitrogen and oxygen atoms in total. The molecule has 0 radical (unpaired) electrons. The Morgan fingerprint density at radius 1 is 1.22 bits per heavy atom. The number of ether oxygens (including phenoxy) is 2. The summed E-state index contributed by atoms with van der Waals surface area (Å²) in [7, 11) is 0. The zero-order chi connectivity index (χ0) is 16.1. The summed E-state index contributed by atoms with van der Waals surface area (Å²) in [6, 6.07) is 6.51. The number of carbonyl (C=O) groups excluding carboxylic acids is 1. The summed E-state index contributed by atoms with van der Waals surface area (Å²) in [5, 5.41) is 3.62. The second kappa shape index (κ2) is 7.68. The van der Waals surface area contributed by atoms with Crippen molar-refractivity contribution in [2.24, 2.45) is 11.7 Å². The van der Waals surface area contributed by atoms with Gasteiger partial charge in [0.25, 0.3) is 0 Å². The average molecular weight is 318 g/mol. The van der Waals surface area contributed by atoms with Crippen molar-refractivity contribution in [2.75, 3.05) is 13.2 Å². The van der Waals surface area contributed by atoms with Gasteiger partial charge in [0.2, 0.25) is 5.91 Å². The smallest absolute Gasteiger partial charge is 0.217 e. The van der Waals surface area contributed by atoms with E-state index in [1.54, 1.807) is 0 Å². The Labute approximate surface area is 137 Å². The van der Waals surface area contributed by atoms with Gasteiger partial charge in [-0.25, -0.2) is 0 Å². The minimum absolute atomic E-state index is 0.186. The monoisotopic (exact) mass is 318 g/mol. The van der Waals surface area contributed by atoms with Crippen molar-refractivity contribution in [1.29, 1.82) is 0 Å². The molecule has 0 spiro atoms. The van der Waals surface area contributed by atoms with E-state index in [2.05, 4.69) is 11.4 Å². The Morgan fingerprint density at radius 3 is 2.96 bits per heavy atom. The lowest BCUT2D eigenvalue weighted by Gasteiger charge is -2.29. The summed E-state index contributed by atoms with van der Waals surface area (Å²) in [5.74, 6) is 1.96. The third kappa shape index (κ3) is 4.38. The molecular weight excluding hydrogens is 292 g/mol. The van der Waals surface area contributed by atoms with Crippen molar-refractivity contribution in [3.05, 3.63) is 23.8 Å². The number of nitrogens with one attached hydrogen (secondary N) is 1. The Morgan fingerprint density at radius 2 is 2.09 bits per heavy atom. The van der Waals surface area contributed by atoms with Crippen LogP contribution in [0.3, 0.4) is 0 Å². The van der Waals surface area contributed by atoms with Crippen LogP contribution in [0.1, 0.15) is 44.1 Å². The summed E-state index contributed by atoms with van der Waals surface area (Å²) in [4.78, 5) is 11.1. The Kier molecular flexibility index (Phi) is 5.39. The van der Waals surface area contributed by atoms with Crippen molar-refractivity contribution >= 4 is 5.91 Å². The molecule has 1 heterocycles. The average Bonchev–Trinajstić information content (AvgIpc) is 2.78. The maximum atomic E-state index is 11.1. The first-order chi connectivity index (χ1) is 11.2. The number of hydrogen-bond acceptors (Lipinski definition) is 4. The maximum absolute atomic E-state index is 11.1. The maximum Gasteiger partial charge on any atom is 0.217 e. The SMILES string of the molecule is NC(=O)CC1CCCC(NCc2cccc3c2OCCCO3)C1. The van der Waals surface area contributed by atoms with Gasteiger partial charge in [0.05, 0.1) is 13.2 Å².